The Labute approximate surface area is 153 Å². The lowest BCUT2D eigenvalue weighted by atomic mass is 10.1. The van der Waals surface area contributed by atoms with Crippen molar-refractivity contribution in [1.29, 1.82) is 0 Å². The summed E-state index contributed by atoms with van der Waals surface area (Å²) in [5.41, 5.74) is 2.28. The van der Waals surface area contributed by atoms with Gasteiger partial charge in [-0.15, -0.1) is 29.9 Å². The highest BCUT2D eigenvalue weighted by molar-refractivity contribution is 5.91. The van der Waals surface area contributed by atoms with E-state index in [0.717, 1.165) is 37.2 Å². The summed E-state index contributed by atoms with van der Waals surface area (Å²) in [5, 5.41) is 14.2. The topological polar surface area (TPSA) is 84.7 Å². The first-order valence-corrected chi connectivity index (χ1v) is 7.54. The first-order valence-electron chi connectivity index (χ1n) is 7.54. The van der Waals surface area contributed by atoms with Crippen LogP contribution in [0.3, 0.4) is 0 Å². The minimum absolute atomic E-state index is 0. The number of amides is 1. The van der Waals surface area contributed by atoms with E-state index in [-0.39, 0.29) is 30.7 Å². The van der Waals surface area contributed by atoms with E-state index < -0.39 is 0 Å². The number of carbonyl (C=O) groups excluding carboxylic acids is 1. The van der Waals surface area contributed by atoms with E-state index in [9.17, 15) is 4.79 Å². The van der Waals surface area contributed by atoms with Crippen molar-refractivity contribution in [3.05, 3.63) is 41.5 Å². The zero-order valence-electron chi connectivity index (χ0n) is 13.4. The van der Waals surface area contributed by atoms with Gasteiger partial charge in [0.15, 0.2) is 5.69 Å². The molecule has 2 aromatic heterocycles. The molecule has 3 rings (SSSR count). The quantitative estimate of drug-likeness (QED) is 0.852. The van der Waals surface area contributed by atoms with E-state index in [0.29, 0.717) is 18.3 Å². The Balaban J connectivity index is 0.00000144. The molecule has 1 saturated heterocycles. The van der Waals surface area contributed by atoms with E-state index in [1.807, 2.05) is 23.7 Å². The molecule has 0 aromatic carbocycles. The third-order valence-electron chi connectivity index (χ3n) is 3.85. The van der Waals surface area contributed by atoms with E-state index in [1.54, 1.807) is 12.4 Å². The van der Waals surface area contributed by atoms with E-state index in [2.05, 4.69) is 25.9 Å². The maximum atomic E-state index is 12.1. The fourth-order valence-corrected chi connectivity index (χ4v) is 2.51. The van der Waals surface area contributed by atoms with Crippen molar-refractivity contribution in [2.45, 2.75) is 32.4 Å². The van der Waals surface area contributed by atoms with E-state index in [4.69, 9.17) is 0 Å². The number of piperidine rings is 1. The maximum absolute atomic E-state index is 12.1. The average molecular weight is 373 g/mol. The highest BCUT2D eigenvalue weighted by atomic mass is 35.5. The minimum Gasteiger partial charge on any atom is -0.346 e. The van der Waals surface area contributed by atoms with E-state index in [1.165, 1.54) is 0 Å². The number of hydrogen-bond acceptors (Lipinski definition) is 5. The predicted molar refractivity (Wildman–Crippen MR) is 95.8 cm³/mol. The van der Waals surface area contributed by atoms with Gasteiger partial charge < -0.3 is 10.6 Å². The number of nitrogens with one attached hydrogen (secondary N) is 2. The molecule has 0 radical (unpaired) electrons. The Morgan fingerprint density at radius 3 is 2.75 bits per heavy atom. The molecule has 0 spiro atoms. The Morgan fingerprint density at radius 2 is 2.08 bits per heavy atom. The van der Waals surface area contributed by atoms with Crippen LogP contribution >= 0.6 is 24.8 Å². The Bertz CT molecular complexity index is 640. The van der Waals surface area contributed by atoms with Gasteiger partial charge in [-0.05, 0) is 44.5 Å². The highest BCUT2D eigenvalue weighted by Crippen LogP contribution is 2.17. The van der Waals surface area contributed by atoms with E-state index >= 15 is 0 Å². The molecule has 24 heavy (non-hydrogen) atoms. The van der Waals surface area contributed by atoms with Crippen LogP contribution in [0.25, 0.3) is 0 Å². The number of nitrogens with zero attached hydrogens (tertiary/aromatic N) is 4. The molecule has 1 aliphatic heterocycles. The standard InChI is InChI=1S/C15H20N6O.2ClH/c1-11-2-3-12(8-17-11)9-18-15(22)14-10-21(20-19-14)13-4-6-16-7-5-13;;/h2-3,8,10,13,16H,4-7,9H2,1H3,(H,18,22);2*1H. The summed E-state index contributed by atoms with van der Waals surface area (Å²) < 4.78 is 1.81. The van der Waals surface area contributed by atoms with Crippen LogP contribution in [-0.4, -0.2) is 39.0 Å². The molecule has 1 aliphatic rings. The summed E-state index contributed by atoms with van der Waals surface area (Å²) >= 11 is 0. The third kappa shape index (κ3) is 5.15. The average Bonchev–Trinajstić information content (AvgIpc) is 3.05. The van der Waals surface area contributed by atoms with Crippen LogP contribution in [0.1, 0.15) is 40.6 Å². The Morgan fingerprint density at radius 1 is 1.33 bits per heavy atom. The summed E-state index contributed by atoms with van der Waals surface area (Å²) in [4.78, 5) is 16.3. The van der Waals surface area contributed by atoms with Gasteiger partial charge >= 0.3 is 0 Å². The van der Waals surface area contributed by atoms with Crippen molar-refractivity contribution in [3.63, 3.8) is 0 Å². The zero-order valence-corrected chi connectivity index (χ0v) is 15.1. The van der Waals surface area contributed by atoms with Crippen LogP contribution in [0, 0.1) is 6.92 Å². The molecule has 2 N–H and O–H groups in total. The van der Waals surface area contributed by atoms with Crippen molar-refractivity contribution in [1.82, 2.24) is 30.6 Å². The molecule has 0 bridgehead atoms. The predicted octanol–water partition coefficient (Wildman–Crippen LogP) is 1.68. The number of aryl methyl sites for hydroxylation is 1. The van der Waals surface area contributed by atoms with Crippen LogP contribution in [0.5, 0.6) is 0 Å². The van der Waals surface area contributed by atoms with Gasteiger partial charge in [-0.25, -0.2) is 4.68 Å². The lowest BCUT2D eigenvalue weighted by Crippen LogP contribution is -2.29. The molecular weight excluding hydrogens is 351 g/mol. The van der Waals surface area contributed by atoms with Gasteiger partial charge in [0, 0.05) is 18.4 Å². The van der Waals surface area contributed by atoms with Gasteiger partial charge in [0.1, 0.15) is 0 Å². The van der Waals surface area contributed by atoms with Gasteiger partial charge in [-0.2, -0.15) is 0 Å². The van der Waals surface area contributed by atoms with Crippen molar-refractivity contribution in [3.8, 4) is 0 Å². The van der Waals surface area contributed by atoms with Crippen molar-refractivity contribution in [2.24, 2.45) is 0 Å². The lowest BCUT2D eigenvalue weighted by molar-refractivity contribution is 0.0946. The van der Waals surface area contributed by atoms with Crippen LogP contribution in [0.15, 0.2) is 24.5 Å². The molecule has 1 fully saturated rings. The number of rotatable bonds is 4. The molecule has 2 aromatic rings. The molecule has 0 saturated carbocycles. The second kappa shape index (κ2) is 9.56. The van der Waals surface area contributed by atoms with Crippen molar-refractivity contribution < 1.29 is 4.79 Å². The van der Waals surface area contributed by atoms with Crippen LogP contribution in [0.4, 0.5) is 0 Å². The fraction of sp³-hybridized carbons (Fsp3) is 0.467. The summed E-state index contributed by atoms with van der Waals surface area (Å²) in [6, 6.07) is 4.21. The first-order chi connectivity index (χ1) is 10.7. The molecule has 3 heterocycles. The minimum atomic E-state index is -0.208. The van der Waals surface area contributed by atoms with Crippen molar-refractivity contribution in [2.75, 3.05) is 13.1 Å². The molecule has 0 aliphatic carbocycles. The van der Waals surface area contributed by atoms with Crippen LogP contribution in [-0.2, 0) is 6.54 Å². The van der Waals surface area contributed by atoms with Gasteiger partial charge in [0.25, 0.3) is 5.91 Å². The molecule has 0 unspecified atom stereocenters. The highest BCUT2D eigenvalue weighted by Gasteiger charge is 2.18. The second-order valence-corrected chi connectivity index (χ2v) is 5.56. The van der Waals surface area contributed by atoms with Gasteiger partial charge in [0.2, 0.25) is 0 Å². The lowest BCUT2D eigenvalue weighted by Gasteiger charge is -2.22. The Kier molecular flexibility index (Phi) is 8.10. The largest absolute Gasteiger partial charge is 0.346 e. The molecule has 9 heteroatoms. The summed E-state index contributed by atoms with van der Waals surface area (Å²) in [7, 11) is 0. The molecule has 132 valence electrons. The normalized spacial score (nSPS) is 14.4. The number of pyridine rings is 1. The summed E-state index contributed by atoms with van der Waals surface area (Å²) in [5.74, 6) is -0.208. The van der Waals surface area contributed by atoms with Gasteiger partial charge in [-0.1, -0.05) is 11.3 Å². The SMILES string of the molecule is Cc1ccc(CNC(=O)c2cn(C3CCNCC3)nn2)cn1.Cl.Cl. The second-order valence-electron chi connectivity index (χ2n) is 5.56. The van der Waals surface area contributed by atoms with Gasteiger partial charge in [-0.3, -0.25) is 9.78 Å². The number of hydrogen-bond donors (Lipinski definition) is 2. The van der Waals surface area contributed by atoms with Crippen LogP contribution < -0.4 is 10.6 Å². The molecule has 0 atom stereocenters. The fourth-order valence-electron chi connectivity index (χ4n) is 2.51. The molecule has 1 amide bonds. The number of halogens is 2. The Hall–Kier alpha value is -1.70. The number of carbonyl (C=O) groups is 1. The van der Waals surface area contributed by atoms with Crippen LogP contribution in [0.2, 0.25) is 0 Å². The smallest absolute Gasteiger partial charge is 0.273 e. The van der Waals surface area contributed by atoms with Gasteiger partial charge in [0.05, 0.1) is 12.2 Å². The van der Waals surface area contributed by atoms with Crippen molar-refractivity contribution >= 4 is 30.7 Å². The third-order valence-corrected chi connectivity index (χ3v) is 3.85. The molecule has 7 nitrogen and oxygen atoms in total. The maximum Gasteiger partial charge on any atom is 0.273 e. The summed E-state index contributed by atoms with van der Waals surface area (Å²) in [6.45, 7) is 4.33. The first kappa shape index (κ1) is 20.3. The summed E-state index contributed by atoms with van der Waals surface area (Å²) in [6.07, 6.45) is 5.53. The zero-order chi connectivity index (χ0) is 15.4. The monoisotopic (exact) mass is 372 g/mol. The number of aromatic nitrogens is 4. The molecular formula is C15H22Cl2N6O.